The van der Waals surface area contributed by atoms with Gasteiger partial charge in [0, 0.05) is 32.4 Å². The fourth-order valence-corrected chi connectivity index (χ4v) is 4.24. The largest absolute Gasteiger partial charge is 0.497 e. The van der Waals surface area contributed by atoms with Crippen molar-refractivity contribution in [1.29, 1.82) is 0 Å². The molecule has 0 radical (unpaired) electrons. The van der Waals surface area contributed by atoms with Crippen molar-refractivity contribution in [1.82, 2.24) is 25.3 Å². The van der Waals surface area contributed by atoms with Crippen LogP contribution >= 0.6 is 0 Å². The zero-order valence-electron chi connectivity index (χ0n) is 19.7. The maximum atomic E-state index is 5.33. The molecule has 2 heterocycles. The van der Waals surface area contributed by atoms with Gasteiger partial charge in [-0.3, -0.25) is 14.6 Å². The normalized spacial score (nSPS) is 16.9. The smallest absolute Gasteiger partial charge is 0.191 e. The molecule has 2 N–H and O–H groups in total. The van der Waals surface area contributed by atoms with Gasteiger partial charge in [-0.15, -0.1) is 0 Å². The summed E-state index contributed by atoms with van der Waals surface area (Å²) >= 11 is 0. The van der Waals surface area contributed by atoms with E-state index in [1.165, 1.54) is 24.1 Å². The number of aliphatic imine (C=N–C) groups is 1. The Balaban J connectivity index is 1.55. The Morgan fingerprint density at radius 3 is 2.39 bits per heavy atom. The molecule has 3 rings (SSSR count). The molecule has 7 heteroatoms. The Kier molecular flexibility index (Phi) is 8.35. The fraction of sp³-hybridized carbons (Fsp3) is 0.583. The maximum absolute atomic E-state index is 5.33. The molecule has 170 valence electrons. The maximum Gasteiger partial charge on any atom is 0.191 e. The van der Waals surface area contributed by atoms with Crippen LogP contribution in [0.2, 0.25) is 0 Å². The molecule has 31 heavy (non-hydrogen) atoms. The van der Waals surface area contributed by atoms with Crippen molar-refractivity contribution in [3.05, 3.63) is 47.3 Å². The summed E-state index contributed by atoms with van der Waals surface area (Å²) < 4.78 is 7.42. The minimum Gasteiger partial charge on any atom is -0.497 e. The van der Waals surface area contributed by atoms with Crippen LogP contribution in [0.1, 0.15) is 42.8 Å². The number of benzene rings is 1. The molecule has 2 atom stereocenters. The monoisotopic (exact) mass is 426 g/mol. The van der Waals surface area contributed by atoms with E-state index in [-0.39, 0.29) is 0 Å². The average molecular weight is 427 g/mol. The van der Waals surface area contributed by atoms with Gasteiger partial charge in [-0.2, -0.15) is 5.10 Å². The number of hydrogen-bond donors (Lipinski definition) is 2. The number of rotatable bonds is 9. The third-order valence-electron chi connectivity index (χ3n) is 5.97. The van der Waals surface area contributed by atoms with Gasteiger partial charge in [0.1, 0.15) is 5.75 Å². The van der Waals surface area contributed by atoms with Crippen LogP contribution < -0.4 is 15.4 Å². The zero-order chi connectivity index (χ0) is 22.2. The van der Waals surface area contributed by atoms with E-state index in [2.05, 4.69) is 62.4 Å². The number of aromatic nitrogens is 2. The predicted octanol–water partition coefficient (Wildman–Crippen LogP) is 3.15. The number of aryl methyl sites for hydroxylation is 2. The van der Waals surface area contributed by atoms with Gasteiger partial charge in [0.05, 0.1) is 18.8 Å². The molecule has 1 aromatic carbocycles. The molecule has 0 spiro atoms. The number of hydrogen-bond acceptors (Lipinski definition) is 4. The number of methoxy groups -OCH3 is 1. The van der Waals surface area contributed by atoms with Crippen LogP contribution in [0.25, 0.3) is 0 Å². The Hall–Kier alpha value is -2.54. The molecule has 1 aromatic heterocycles. The summed E-state index contributed by atoms with van der Waals surface area (Å²) in [5.41, 5.74) is 3.59. The molecule has 1 aliphatic heterocycles. The number of likely N-dealkylation sites (tertiary alicyclic amines) is 1. The van der Waals surface area contributed by atoms with Gasteiger partial charge in [0.25, 0.3) is 0 Å². The number of nitrogens with zero attached hydrogens (tertiary/aromatic N) is 4. The van der Waals surface area contributed by atoms with E-state index in [0.717, 1.165) is 50.1 Å². The lowest BCUT2D eigenvalue weighted by molar-refractivity contribution is 0.245. The third kappa shape index (κ3) is 6.47. The van der Waals surface area contributed by atoms with E-state index in [1.807, 2.05) is 26.1 Å². The van der Waals surface area contributed by atoms with E-state index in [1.54, 1.807) is 7.11 Å². The molecule has 2 unspecified atom stereocenters. The van der Waals surface area contributed by atoms with Crippen LogP contribution in [0.15, 0.2) is 35.3 Å². The van der Waals surface area contributed by atoms with Gasteiger partial charge in [-0.25, -0.2) is 0 Å². The first kappa shape index (κ1) is 23.1. The fourth-order valence-electron chi connectivity index (χ4n) is 4.24. The van der Waals surface area contributed by atoms with Crippen LogP contribution in [-0.2, 0) is 6.54 Å². The predicted molar refractivity (Wildman–Crippen MR) is 127 cm³/mol. The summed E-state index contributed by atoms with van der Waals surface area (Å²) in [6.07, 6.45) is 2.53. The lowest BCUT2D eigenvalue weighted by atomic mass is 10.1. The van der Waals surface area contributed by atoms with Crippen molar-refractivity contribution in [2.24, 2.45) is 10.9 Å². The second-order valence-electron chi connectivity index (χ2n) is 8.58. The third-order valence-corrected chi connectivity index (χ3v) is 5.97. The molecule has 1 saturated heterocycles. The van der Waals surface area contributed by atoms with Gasteiger partial charge in [-0.05, 0) is 69.5 Å². The number of nitrogens with one attached hydrogen (secondary N) is 2. The van der Waals surface area contributed by atoms with Gasteiger partial charge in [0.15, 0.2) is 5.96 Å². The van der Waals surface area contributed by atoms with E-state index < -0.39 is 0 Å². The number of ether oxygens (including phenoxy) is 1. The van der Waals surface area contributed by atoms with Gasteiger partial charge < -0.3 is 15.4 Å². The van der Waals surface area contributed by atoms with E-state index in [9.17, 15) is 0 Å². The lowest BCUT2D eigenvalue weighted by Crippen LogP contribution is -2.44. The van der Waals surface area contributed by atoms with E-state index in [4.69, 9.17) is 4.74 Å². The van der Waals surface area contributed by atoms with Crippen LogP contribution in [0.3, 0.4) is 0 Å². The van der Waals surface area contributed by atoms with Gasteiger partial charge >= 0.3 is 0 Å². The van der Waals surface area contributed by atoms with E-state index >= 15 is 0 Å². The minimum absolute atomic E-state index is 0.319. The van der Waals surface area contributed by atoms with Gasteiger partial charge in [0.2, 0.25) is 0 Å². The van der Waals surface area contributed by atoms with Crippen molar-refractivity contribution in [2.75, 3.05) is 40.3 Å². The first-order chi connectivity index (χ1) is 15.0. The quantitative estimate of drug-likeness (QED) is 0.476. The number of guanidine groups is 1. The molecule has 0 saturated carbocycles. The molecule has 0 amide bonds. The Labute approximate surface area is 186 Å². The topological polar surface area (TPSA) is 66.7 Å². The molecule has 1 fully saturated rings. The zero-order valence-corrected chi connectivity index (χ0v) is 19.7. The van der Waals surface area contributed by atoms with Crippen LogP contribution in [0, 0.1) is 19.8 Å². The van der Waals surface area contributed by atoms with Crippen molar-refractivity contribution in [3.63, 3.8) is 0 Å². The van der Waals surface area contributed by atoms with Crippen molar-refractivity contribution >= 4 is 5.96 Å². The molecule has 0 aliphatic carbocycles. The summed E-state index contributed by atoms with van der Waals surface area (Å²) in [7, 11) is 3.54. The molecule has 1 aliphatic rings. The minimum atomic E-state index is 0.319. The van der Waals surface area contributed by atoms with Crippen LogP contribution in [0.5, 0.6) is 5.75 Å². The molecule has 0 bridgehead atoms. The lowest BCUT2D eigenvalue weighted by Gasteiger charge is -2.29. The average Bonchev–Trinajstić information content (AvgIpc) is 3.40. The van der Waals surface area contributed by atoms with Crippen molar-refractivity contribution in [2.45, 2.75) is 46.2 Å². The van der Waals surface area contributed by atoms with Crippen molar-refractivity contribution in [3.8, 4) is 5.75 Å². The van der Waals surface area contributed by atoms with Crippen molar-refractivity contribution < 1.29 is 4.74 Å². The first-order valence-corrected chi connectivity index (χ1v) is 11.3. The first-order valence-electron chi connectivity index (χ1n) is 11.3. The standard InChI is InChI=1S/C24H38N6O/c1-18(17-30-20(3)14-19(2)28-30)15-26-24(25-4)27-16-23(29-12-6-7-13-29)21-8-10-22(31-5)11-9-21/h8-11,14,18,23H,6-7,12-13,15-17H2,1-5H3,(H2,25,26,27). The molecule has 7 nitrogen and oxygen atoms in total. The summed E-state index contributed by atoms with van der Waals surface area (Å²) in [5.74, 6) is 2.18. The summed E-state index contributed by atoms with van der Waals surface area (Å²) in [6, 6.07) is 10.9. The summed E-state index contributed by atoms with van der Waals surface area (Å²) in [5, 5.41) is 11.6. The molecule has 2 aromatic rings. The van der Waals surface area contributed by atoms with E-state index in [0.29, 0.717) is 12.0 Å². The highest BCUT2D eigenvalue weighted by atomic mass is 16.5. The Morgan fingerprint density at radius 2 is 1.81 bits per heavy atom. The van der Waals surface area contributed by atoms with Crippen LogP contribution in [-0.4, -0.2) is 61.0 Å². The summed E-state index contributed by atoms with van der Waals surface area (Å²) in [6.45, 7) is 11.2. The highest BCUT2D eigenvalue weighted by molar-refractivity contribution is 5.79. The van der Waals surface area contributed by atoms with Gasteiger partial charge in [-0.1, -0.05) is 19.1 Å². The highest BCUT2D eigenvalue weighted by Crippen LogP contribution is 2.26. The Bertz CT molecular complexity index is 838. The second kappa shape index (κ2) is 11.2. The Morgan fingerprint density at radius 1 is 1.13 bits per heavy atom. The molecular formula is C24H38N6O. The van der Waals surface area contributed by atoms with Crippen LogP contribution in [0.4, 0.5) is 0 Å². The second-order valence-corrected chi connectivity index (χ2v) is 8.58. The highest BCUT2D eigenvalue weighted by Gasteiger charge is 2.23. The molecular weight excluding hydrogens is 388 g/mol. The SMILES string of the molecule is CN=C(NCC(C)Cn1nc(C)cc1C)NCC(c1ccc(OC)cc1)N1CCCC1. The summed E-state index contributed by atoms with van der Waals surface area (Å²) in [4.78, 5) is 7.00.